The average Bonchev–Trinajstić information content (AvgIpc) is 3.22. The lowest BCUT2D eigenvalue weighted by molar-refractivity contribution is 0.181. The highest BCUT2D eigenvalue weighted by molar-refractivity contribution is 5.88. The molecule has 1 aliphatic heterocycles. The van der Waals surface area contributed by atoms with Gasteiger partial charge in [0, 0.05) is 31.0 Å². The summed E-state index contributed by atoms with van der Waals surface area (Å²) < 4.78 is 1.80. The highest BCUT2D eigenvalue weighted by Crippen LogP contribution is 2.36. The molecule has 6 nitrogen and oxygen atoms in total. The van der Waals surface area contributed by atoms with E-state index in [0.717, 1.165) is 25.1 Å². The predicted octanol–water partition coefficient (Wildman–Crippen LogP) is 3.12. The van der Waals surface area contributed by atoms with Crippen molar-refractivity contribution in [3.8, 4) is 0 Å². The summed E-state index contributed by atoms with van der Waals surface area (Å²) in [7, 11) is 0. The van der Waals surface area contributed by atoms with Crippen molar-refractivity contribution < 1.29 is 4.79 Å². The van der Waals surface area contributed by atoms with Crippen molar-refractivity contribution in [3.63, 3.8) is 0 Å². The lowest BCUT2D eigenvalue weighted by Crippen LogP contribution is -2.41. The first-order valence-corrected chi connectivity index (χ1v) is 8.80. The van der Waals surface area contributed by atoms with E-state index in [-0.39, 0.29) is 6.03 Å². The number of hydrogen-bond acceptors (Lipinski definition) is 3. The quantitative estimate of drug-likeness (QED) is 0.943. The monoisotopic (exact) mass is 325 g/mol. The summed E-state index contributed by atoms with van der Waals surface area (Å²) in [4.78, 5) is 18.9. The zero-order chi connectivity index (χ0) is 16.4. The number of nitrogens with zero attached hydrogens (tertiary/aromatic N) is 4. The molecule has 2 aliphatic rings. The van der Waals surface area contributed by atoms with E-state index in [0.29, 0.717) is 24.3 Å². The maximum Gasteiger partial charge on any atom is 0.323 e. The van der Waals surface area contributed by atoms with E-state index in [1.165, 1.54) is 19.3 Å². The summed E-state index contributed by atoms with van der Waals surface area (Å²) in [5, 5.41) is 7.40. The van der Waals surface area contributed by atoms with E-state index in [2.05, 4.69) is 15.4 Å². The number of rotatable bonds is 3. The van der Waals surface area contributed by atoms with Crippen LogP contribution in [0.5, 0.6) is 0 Å². The molecule has 4 rings (SSSR count). The van der Waals surface area contributed by atoms with Crippen LogP contribution in [0, 0.1) is 5.92 Å². The van der Waals surface area contributed by atoms with Gasteiger partial charge in [0.25, 0.3) is 0 Å². The number of likely N-dealkylation sites (tertiary alicyclic amines) is 1. The Labute approximate surface area is 141 Å². The van der Waals surface area contributed by atoms with Gasteiger partial charge in [0.15, 0.2) is 5.82 Å². The van der Waals surface area contributed by atoms with E-state index in [4.69, 9.17) is 0 Å². The molecule has 0 bridgehead atoms. The third-order valence-corrected chi connectivity index (χ3v) is 5.20. The lowest BCUT2D eigenvalue weighted by Gasteiger charge is -2.31. The molecule has 24 heavy (non-hydrogen) atoms. The van der Waals surface area contributed by atoms with Gasteiger partial charge in [-0.05, 0) is 37.3 Å². The van der Waals surface area contributed by atoms with Crippen LogP contribution in [0.4, 0.5) is 10.6 Å². The number of carbonyl (C=O) groups is 1. The molecular weight excluding hydrogens is 302 g/mol. The first-order chi connectivity index (χ1) is 11.8. The topological polar surface area (TPSA) is 63.1 Å². The van der Waals surface area contributed by atoms with Crippen LogP contribution in [0.2, 0.25) is 0 Å². The van der Waals surface area contributed by atoms with Crippen LogP contribution in [0.3, 0.4) is 0 Å². The molecule has 2 amide bonds. The predicted molar refractivity (Wildman–Crippen MR) is 91.7 cm³/mol. The third-order valence-electron chi connectivity index (χ3n) is 5.20. The molecule has 2 atom stereocenters. The van der Waals surface area contributed by atoms with Crippen molar-refractivity contribution in [2.45, 2.75) is 44.7 Å². The molecule has 0 spiro atoms. The molecule has 126 valence electrons. The Morgan fingerprint density at radius 2 is 2.12 bits per heavy atom. The fourth-order valence-electron chi connectivity index (χ4n) is 4.01. The van der Waals surface area contributed by atoms with E-state index < -0.39 is 0 Å². The summed E-state index contributed by atoms with van der Waals surface area (Å²) in [6.07, 6.45) is 9.76. The molecule has 1 aliphatic carbocycles. The summed E-state index contributed by atoms with van der Waals surface area (Å²) in [5.74, 6) is 1.31. The highest BCUT2D eigenvalue weighted by Gasteiger charge is 2.38. The molecule has 1 saturated carbocycles. The standard InChI is InChI=1S/C18H23N5O/c24-18(23-12-8-14-5-1-2-7-16(14)23)20-17-9-11-22(21-17)13-15-6-3-4-10-19-15/h3-4,6,9-11,14,16H,1-2,5,7-8,12-13H2,(H,20,21,24). The van der Waals surface area contributed by atoms with Gasteiger partial charge < -0.3 is 4.90 Å². The zero-order valence-electron chi connectivity index (χ0n) is 13.8. The molecule has 1 saturated heterocycles. The van der Waals surface area contributed by atoms with Crippen molar-refractivity contribution >= 4 is 11.8 Å². The number of nitrogens with one attached hydrogen (secondary N) is 1. The Bertz CT molecular complexity index is 698. The molecule has 6 heteroatoms. The maximum atomic E-state index is 12.6. The number of amides is 2. The van der Waals surface area contributed by atoms with Crippen LogP contribution in [-0.2, 0) is 6.54 Å². The molecular formula is C18H23N5O. The number of aromatic nitrogens is 3. The van der Waals surface area contributed by atoms with Crippen molar-refractivity contribution in [2.75, 3.05) is 11.9 Å². The van der Waals surface area contributed by atoms with E-state index in [9.17, 15) is 4.79 Å². The summed E-state index contributed by atoms with van der Waals surface area (Å²) in [5.41, 5.74) is 0.947. The number of hydrogen-bond donors (Lipinski definition) is 1. The Morgan fingerprint density at radius 3 is 3.00 bits per heavy atom. The largest absolute Gasteiger partial charge is 0.323 e. The fraction of sp³-hybridized carbons (Fsp3) is 0.500. The van der Waals surface area contributed by atoms with Crippen LogP contribution < -0.4 is 5.32 Å². The molecule has 2 aromatic rings. The van der Waals surface area contributed by atoms with Crippen LogP contribution in [0.1, 0.15) is 37.8 Å². The molecule has 1 N–H and O–H groups in total. The average molecular weight is 325 g/mol. The fourth-order valence-corrected chi connectivity index (χ4v) is 4.01. The van der Waals surface area contributed by atoms with E-state index in [1.54, 1.807) is 10.9 Å². The van der Waals surface area contributed by atoms with Crippen LogP contribution in [0.25, 0.3) is 0 Å². The molecule has 0 aromatic carbocycles. The Balaban J connectivity index is 1.38. The Hall–Kier alpha value is -2.37. The minimum atomic E-state index is -0.00696. The van der Waals surface area contributed by atoms with E-state index >= 15 is 0 Å². The van der Waals surface area contributed by atoms with E-state index in [1.807, 2.05) is 35.4 Å². The SMILES string of the molecule is O=C(Nc1ccn(Cc2ccccn2)n1)N1CCC2CCCCC21. The Kier molecular flexibility index (Phi) is 4.19. The van der Waals surface area contributed by atoms with Crippen molar-refractivity contribution in [1.82, 2.24) is 19.7 Å². The van der Waals surface area contributed by atoms with Crippen molar-refractivity contribution in [2.24, 2.45) is 5.92 Å². The lowest BCUT2D eigenvalue weighted by atomic mass is 9.85. The molecule has 2 aromatic heterocycles. The van der Waals surface area contributed by atoms with Crippen LogP contribution in [-0.4, -0.2) is 38.3 Å². The first kappa shape index (κ1) is 15.2. The number of carbonyl (C=O) groups excluding carboxylic acids is 1. The van der Waals surface area contributed by atoms with Crippen LogP contribution in [0.15, 0.2) is 36.7 Å². The third kappa shape index (κ3) is 3.13. The van der Waals surface area contributed by atoms with Gasteiger partial charge in [0.1, 0.15) is 0 Å². The number of urea groups is 1. The second-order valence-electron chi connectivity index (χ2n) is 6.74. The van der Waals surface area contributed by atoms with Gasteiger partial charge in [-0.2, -0.15) is 5.10 Å². The second kappa shape index (κ2) is 6.63. The number of anilines is 1. The van der Waals surface area contributed by atoms with Gasteiger partial charge in [-0.25, -0.2) is 4.79 Å². The van der Waals surface area contributed by atoms with Gasteiger partial charge in [-0.15, -0.1) is 0 Å². The van der Waals surface area contributed by atoms with Gasteiger partial charge in [0.05, 0.1) is 12.2 Å². The summed E-state index contributed by atoms with van der Waals surface area (Å²) in [6, 6.07) is 8.08. The number of fused-ring (bicyclic) bond motifs is 1. The molecule has 0 radical (unpaired) electrons. The first-order valence-electron chi connectivity index (χ1n) is 8.80. The summed E-state index contributed by atoms with van der Waals surface area (Å²) >= 11 is 0. The minimum absolute atomic E-state index is 0.00696. The second-order valence-corrected chi connectivity index (χ2v) is 6.74. The number of pyridine rings is 1. The van der Waals surface area contributed by atoms with Gasteiger partial charge in [-0.3, -0.25) is 15.0 Å². The maximum absolute atomic E-state index is 12.6. The van der Waals surface area contributed by atoms with Crippen molar-refractivity contribution in [3.05, 3.63) is 42.4 Å². The molecule has 2 fully saturated rings. The van der Waals surface area contributed by atoms with Crippen molar-refractivity contribution in [1.29, 1.82) is 0 Å². The molecule has 2 unspecified atom stereocenters. The van der Waals surface area contributed by atoms with Gasteiger partial charge in [0.2, 0.25) is 0 Å². The molecule has 3 heterocycles. The smallest absolute Gasteiger partial charge is 0.321 e. The zero-order valence-corrected chi connectivity index (χ0v) is 13.8. The van der Waals surface area contributed by atoms with Crippen LogP contribution >= 0.6 is 0 Å². The van der Waals surface area contributed by atoms with Gasteiger partial charge >= 0.3 is 6.03 Å². The Morgan fingerprint density at radius 1 is 1.21 bits per heavy atom. The minimum Gasteiger partial charge on any atom is -0.321 e. The summed E-state index contributed by atoms with van der Waals surface area (Å²) in [6.45, 7) is 1.47. The normalized spacial score (nSPS) is 23.1. The van der Waals surface area contributed by atoms with Gasteiger partial charge in [-0.1, -0.05) is 18.9 Å². The highest BCUT2D eigenvalue weighted by atomic mass is 16.2.